The average molecular weight is 318 g/mol. The quantitative estimate of drug-likeness (QED) is 0.723. The van der Waals surface area contributed by atoms with Crippen LogP contribution in [0.3, 0.4) is 0 Å². The maximum absolute atomic E-state index is 8.78. The van der Waals surface area contributed by atoms with E-state index in [2.05, 4.69) is 28.2 Å². The molecule has 1 rings (SSSR count). The maximum Gasteiger partial charge on any atom is 0.165 e. The molecule has 0 heterocycles. The van der Waals surface area contributed by atoms with E-state index in [-0.39, 0.29) is 6.61 Å². The van der Waals surface area contributed by atoms with E-state index in [0.717, 1.165) is 28.0 Å². The molecule has 102 valence electrons. The minimum Gasteiger partial charge on any atom is -0.493 e. The highest BCUT2D eigenvalue weighted by molar-refractivity contribution is 9.10. The van der Waals surface area contributed by atoms with E-state index in [4.69, 9.17) is 14.6 Å². The smallest absolute Gasteiger partial charge is 0.165 e. The van der Waals surface area contributed by atoms with Gasteiger partial charge in [0, 0.05) is 23.1 Å². The summed E-state index contributed by atoms with van der Waals surface area (Å²) in [4.78, 5) is 0. The van der Waals surface area contributed by atoms with E-state index in [0.29, 0.717) is 19.7 Å². The number of rotatable bonds is 8. The lowest BCUT2D eigenvalue weighted by Gasteiger charge is -2.16. The summed E-state index contributed by atoms with van der Waals surface area (Å²) in [5.41, 5.74) is 1.02. The van der Waals surface area contributed by atoms with Crippen molar-refractivity contribution < 1.29 is 14.6 Å². The van der Waals surface area contributed by atoms with E-state index in [1.165, 1.54) is 0 Å². The first-order valence-electron chi connectivity index (χ1n) is 6.03. The van der Waals surface area contributed by atoms with Crippen LogP contribution in [-0.4, -0.2) is 32.0 Å². The fourth-order valence-electron chi connectivity index (χ4n) is 1.58. The van der Waals surface area contributed by atoms with Crippen LogP contribution in [0.5, 0.6) is 11.5 Å². The van der Waals surface area contributed by atoms with Gasteiger partial charge in [0.1, 0.15) is 0 Å². The SMILES string of the molecule is CCCOc1c(CNCCO)cc(Br)cc1OC. The highest BCUT2D eigenvalue weighted by Crippen LogP contribution is 2.34. The average Bonchev–Trinajstić information content (AvgIpc) is 2.37. The number of hydrogen-bond donors (Lipinski definition) is 2. The number of aliphatic hydroxyl groups is 1. The largest absolute Gasteiger partial charge is 0.493 e. The lowest BCUT2D eigenvalue weighted by molar-refractivity contribution is 0.284. The van der Waals surface area contributed by atoms with E-state index >= 15 is 0 Å². The summed E-state index contributed by atoms with van der Waals surface area (Å²) in [7, 11) is 1.63. The molecular weight excluding hydrogens is 298 g/mol. The summed E-state index contributed by atoms with van der Waals surface area (Å²) < 4.78 is 12.0. The first-order chi connectivity index (χ1) is 8.72. The Balaban J connectivity index is 2.91. The Hall–Kier alpha value is -0.780. The van der Waals surface area contributed by atoms with Crippen molar-refractivity contribution in [2.75, 3.05) is 26.9 Å². The zero-order chi connectivity index (χ0) is 13.4. The van der Waals surface area contributed by atoms with Crippen LogP contribution in [-0.2, 0) is 6.54 Å². The van der Waals surface area contributed by atoms with Gasteiger partial charge in [0.2, 0.25) is 0 Å². The molecule has 1 aromatic carbocycles. The van der Waals surface area contributed by atoms with Gasteiger partial charge in [0.25, 0.3) is 0 Å². The van der Waals surface area contributed by atoms with Crippen molar-refractivity contribution in [3.8, 4) is 11.5 Å². The van der Waals surface area contributed by atoms with Crippen molar-refractivity contribution in [3.63, 3.8) is 0 Å². The van der Waals surface area contributed by atoms with Crippen molar-refractivity contribution in [2.45, 2.75) is 19.9 Å². The van der Waals surface area contributed by atoms with Crippen LogP contribution in [0.2, 0.25) is 0 Å². The summed E-state index contributed by atoms with van der Waals surface area (Å²) >= 11 is 3.45. The number of methoxy groups -OCH3 is 1. The number of benzene rings is 1. The van der Waals surface area contributed by atoms with Crippen LogP contribution in [0.15, 0.2) is 16.6 Å². The minimum absolute atomic E-state index is 0.121. The molecule has 0 saturated carbocycles. The Kier molecular flexibility index (Phi) is 7.08. The summed E-state index contributed by atoms with van der Waals surface area (Å²) in [6, 6.07) is 3.89. The van der Waals surface area contributed by atoms with Crippen molar-refractivity contribution in [3.05, 3.63) is 22.2 Å². The van der Waals surface area contributed by atoms with Crippen molar-refractivity contribution in [2.24, 2.45) is 0 Å². The third kappa shape index (κ3) is 4.48. The molecule has 0 unspecified atom stereocenters. The third-order valence-electron chi connectivity index (χ3n) is 2.37. The molecule has 0 aliphatic rings. The van der Waals surface area contributed by atoms with Gasteiger partial charge >= 0.3 is 0 Å². The molecule has 0 bridgehead atoms. The Morgan fingerprint density at radius 1 is 1.39 bits per heavy atom. The van der Waals surface area contributed by atoms with Gasteiger partial charge in [-0.05, 0) is 18.6 Å². The third-order valence-corrected chi connectivity index (χ3v) is 2.83. The molecule has 4 nitrogen and oxygen atoms in total. The number of nitrogens with one attached hydrogen (secondary N) is 1. The van der Waals surface area contributed by atoms with Gasteiger partial charge in [0.05, 0.1) is 20.3 Å². The molecule has 0 fully saturated rings. The molecule has 0 amide bonds. The molecule has 18 heavy (non-hydrogen) atoms. The van der Waals surface area contributed by atoms with Crippen LogP contribution < -0.4 is 14.8 Å². The lowest BCUT2D eigenvalue weighted by atomic mass is 10.2. The van der Waals surface area contributed by atoms with Gasteiger partial charge in [-0.2, -0.15) is 0 Å². The van der Waals surface area contributed by atoms with Gasteiger partial charge in [0.15, 0.2) is 11.5 Å². The minimum atomic E-state index is 0.121. The Morgan fingerprint density at radius 3 is 2.78 bits per heavy atom. The van der Waals surface area contributed by atoms with Crippen LogP contribution in [0.25, 0.3) is 0 Å². The summed E-state index contributed by atoms with van der Waals surface area (Å²) in [5.74, 6) is 1.49. The maximum atomic E-state index is 8.78. The van der Waals surface area contributed by atoms with E-state index in [1.807, 2.05) is 12.1 Å². The van der Waals surface area contributed by atoms with Crippen LogP contribution >= 0.6 is 15.9 Å². The van der Waals surface area contributed by atoms with Crippen molar-refractivity contribution in [1.29, 1.82) is 0 Å². The standard InChI is InChI=1S/C13H20BrNO3/c1-3-6-18-13-10(9-15-4-5-16)7-11(14)8-12(13)17-2/h7-8,15-16H,3-6,9H2,1-2H3. The molecule has 1 aromatic rings. The Labute approximate surface area is 116 Å². The number of hydrogen-bond acceptors (Lipinski definition) is 4. The van der Waals surface area contributed by atoms with E-state index < -0.39 is 0 Å². The fraction of sp³-hybridized carbons (Fsp3) is 0.538. The molecule has 0 radical (unpaired) electrons. The van der Waals surface area contributed by atoms with Gasteiger partial charge in [-0.3, -0.25) is 0 Å². The summed E-state index contributed by atoms with van der Waals surface area (Å²) in [6.07, 6.45) is 0.947. The van der Waals surface area contributed by atoms with Gasteiger partial charge in [-0.25, -0.2) is 0 Å². The zero-order valence-corrected chi connectivity index (χ0v) is 12.4. The van der Waals surface area contributed by atoms with Gasteiger partial charge < -0.3 is 19.9 Å². The highest BCUT2D eigenvalue weighted by Gasteiger charge is 2.12. The summed E-state index contributed by atoms with van der Waals surface area (Å²) in [6.45, 7) is 4.04. The van der Waals surface area contributed by atoms with E-state index in [1.54, 1.807) is 7.11 Å². The Bertz CT molecular complexity index is 371. The first-order valence-corrected chi connectivity index (χ1v) is 6.83. The molecule has 5 heteroatoms. The monoisotopic (exact) mass is 317 g/mol. The zero-order valence-electron chi connectivity index (χ0n) is 10.8. The second-order valence-corrected chi connectivity index (χ2v) is 4.76. The fourth-order valence-corrected chi connectivity index (χ4v) is 2.06. The highest BCUT2D eigenvalue weighted by atomic mass is 79.9. The number of ether oxygens (including phenoxy) is 2. The second kappa shape index (κ2) is 8.34. The van der Waals surface area contributed by atoms with Crippen LogP contribution in [0.1, 0.15) is 18.9 Å². The van der Waals surface area contributed by atoms with Gasteiger partial charge in [-0.15, -0.1) is 0 Å². The molecule has 0 saturated heterocycles. The summed E-state index contributed by atoms with van der Waals surface area (Å²) in [5, 5.41) is 11.9. The molecule has 0 spiro atoms. The van der Waals surface area contributed by atoms with E-state index in [9.17, 15) is 0 Å². The van der Waals surface area contributed by atoms with Crippen LogP contribution in [0, 0.1) is 0 Å². The normalized spacial score (nSPS) is 10.4. The molecule has 0 aromatic heterocycles. The second-order valence-electron chi connectivity index (χ2n) is 3.85. The number of halogens is 1. The topological polar surface area (TPSA) is 50.7 Å². The van der Waals surface area contributed by atoms with Crippen molar-refractivity contribution >= 4 is 15.9 Å². The predicted octanol–water partition coefficient (Wildman–Crippen LogP) is 2.33. The molecule has 0 atom stereocenters. The first kappa shape index (κ1) is 15.3. The number of aliphatic hydroxyl groups excluding tert-OH is 1. The van der Waals surface area contributed by atoms with Gasteiger partial charge in [-0.1, -0.05) is 22.9 Å². The van der Waals surface area contributed by atoms with Crippen LogP contribution in [0.4, 0.5) is 0 Å². The molecule has 0 aliphatic heterocycles. The lowest BCUT2D eigenvalue weighted by Crippen LogP contribution is -2.18. The molecular formula is C13H20BrNO3. The molecule has 2 N–H and O–H groups in total. The Morgan fingerprint density at radius 2 is 2.17 bits per heavy atom. The predicted molar refractivity (Wildman–Crippen MR) is 75.3 cm³/mol. The van der Waals surface area contributed by atoms with Crippen molar-refractivity contribution in [1.82, 2.24) is 5.32 Å². The molecule has 0 aliphatic carbocycles.